The Bertz CT molecular complexity index is 348. The molecule has 1 aromatic carbocycles. The van der Waals surface area contributed by atoms with Gasteiger partial charge in [-0.1, -0.05) is 12.1 Å². The number of nitrogens with zero attached hydrogens (tertiary/aromatic N) is 1. The van der Waals surface area contributed by atoms with Crippen molar-refractivity contribution in [3.05, 3.63) is 29.8 Å². The van der Waals surface area contributed by atoms with Crippen LogP contribution in [0.5, 0.6) is 0 Å². The van der Waals surface area contributed by atoms with Crippen LogP contribution >= 0.6 is 0 Å². The lowest BCUT2D eigenvalue weighted by Crippen LogP contribution is -2.52. The van der Waals surface area contributed by atoms with Gasteiger partial charge in [-0.25, -0.2) is 0 Å². The second-order valence-corrected chi connectivity index (χ2v) is 4.82. The number of anilines is 1. The molecule has 0 bridgehead atoms. The third-order valence-electron chi connectivity index (χ3n) is 3.24. The minimum absolute atomic E-state index is 0.131. The molecule has 0 aliphatic carbocycles. The van der Waals surface area contributed by atoms with Crippen molar-refractivity contribution in [2.75, 3.05) is 31.6 Å². The molecule has 0 aliphatic heterocycles. The molecule has 96 valence electrons. The van der Waals surface area contributed by atoms with Gasteiger partial charge in [-0.2, -0.15) is 0 Å². The van der Waals surface area contributed by atoms with E-state index in [1.54, 1.807) is 0 Å². The van der Waals surface area contributed by atoms with Gasteiger partial charge in [-0.15, -0.1) is 0 Å². The van der Waals surface area contributed by atoms with Gasteiger partial charge in [0.1, 0.15) is 0 Å². The number of hydrogen-bond donors (Lipinski definition) is 2. The number of benzene rings is 1. The summed E-state index contributed by atoms with van der Waals surface area (Å²) in [6, 6.07) is 8.46. The van der Waals surface area contributed by atoms with Crippen LogP contribution in [0.4, 0.5) is 5.69 Å². The highest BCUT2D eigenvalue weighted by Crippen LogP contribution is 2.18. The summed E-state index contributed by atoms with van der Waals surface area (Å²) >= 11 is 0. The first kappa shape index (κ1) is 14.0. The van der Waals surface area contributed by atoms with E-state index in [1.807, 2.05) is 14.0 Å². The van der Waals surface area contributed by atoms with Gasteiger partial charge in [-0.05, 0) is 45.5 Å². The molecule has 17 heavy (non-hydrogen) atoms. The van der Waals surface area contributed by atoms with Crippen molar-refractivity contribution in [3.8, 4) is 0 Å². The third kappa shape index (κ3) is 3.72. The molecule has 0 heterocycles. The number of hydrogen-bond acceptors (Lipinski definition) is 3. The van der Waals surface area contributed by atoms with Gasteiger partial charge in [0.25, 0.3) is 0 Å². The molecular weight excluding hydrogens is 212 g/mol. The van der Waals surface area contributed by atoms with Crippen LogP contribution in [-0.4, -0.2) is 37.4 Å². The predicted octanol–water partition coefficient (Wildman–Crippen LogP) is 1.79. The number of aliphatic hydroxyl groups excluding tert-OH is 1. The Hall–Kier alpha value is -1.06. The van der Waals surface area contributed by atoms with Crippen LogP contribution in [0.2, 0.25) is 0 Å². The van der Waals surface area contributed by atoms with Crippen molar-refractivity contribution in [3.63, 3.8) is 0 Å². The molecule has 0 spiro atoms. The van der Waals surface area contributed by atoms with Crippen molar-refractivity contribution in [1.82, 2.24) is 5.32 Å². The van der Waals surface area contributed by atoms with Crippen molar-refractivity contribution in [2.45, 2.75) is 26.3 Å². The topological polar surface area (TPSA) is 35.5 Å². The van der Waals surface area contributed by atoms with Crippen LogP contribution < -0.4 is 10.2 Å². The summed E-state index contributed by atoms with van der Waals surface area (Å²) in [5.74, 6) is 0. The average molecular weight is 236 g/mol. The molecule has 1 atom stereocenters. The largest absolute Gasteiger partial charge is 0.394 e. The zero-order valence-electron chi connectivity index (χ0n) is 11.3. The molecule has 3 heteroatoms. The summed E-state index contributed by atoms with van der Waals surface area (Å²) in [4.78, 5) is 2.28. The van der Waals surface area contributed by atoms with E-state index in [0.29, 0.717) is 0 Å². The smallest absolute Gasteiger partial charge is 0.0627 e. The Labute approximate surface area is 104 Å². The van der Waals surface area contributed by atoms with Crippen LogP contribution in [-0.2, 0) is 0 Å². The summed E-state index contributed by atoms with van der Waals surface area (Å²) in [5, 5.41) is 12.6. The van der Waals surface area contributed by atoms with Crippen LogP contribution in [0.25, 0.3) is 0 Å². The molecule has 1 unspecified atom stereocenters. The second kappa shape index (κ2) is 6.03. The predicted molar refractivity (Wildman–Crippen MR) is 73.6 cm³/mol. The molecule has 0 aromatic heterocycles. The molecule has 0 saturated carbocycles. The number of aryl methyl sites for hydroxylation is 1. The fourth-order valence-corrected chi connectivity index (χ4v) is 1.84. The van der Waals surface area contributed by atoms with E-state index in [2.05, 4.69) is 48.3 Å². The van der Waals surface area contributed by atoms with Crippen LogP contribution in [0.3, 0.4) is 0 Å². The SMILES string of the molecule is CCN(CC(C)(CO)NC)c1cccc(C)c1. The average Bonchev–Trinajstić information content (AvgIpc) is 2.35. The minimum Gasteiger partial charge on any atom is -0.394 e. The number of aliphatic hydroxyl groups is 1. The van der Waals surface area contributed by atoms with Gasteiger partial charge in [0.2, 0.25) is 0 Å². The molecule has 0 fully saturated rings. The maximum atomic E-state index is 9.44. The van der Waals surface area contributed by atoms with E-state index in [4.69, 9.17) is 0 Å². The maximum absolute atomic E-state index is 9.44. The van der Waals surface area contributed by atoms with Gasteiger partial charge in [0.15, 0.2) is 0 Å². The van der Waals surface area contributed by atoms with E-state index in [1.165, 1.54) is 11.3 Å². The quantitative estimate of drug-likeness (QED) is 0.790. The lowest BCUT2D eigenvalue weighted by Gasteiger charge is -2.35. The number of likely N-dealkylation sites (N-methyl/N-ethyl adjacent to an activating group) is 2. The highest BCUT2D eigenvalue weighted by Gasteiger charge is 2.23. The molecule has 0 radical (unpaired) electrons. The summed E-state index contributed by atoms with van der Waals surface area (Å²) in [5.41, 5.74) is 2.21. The molecule has 1 rings (SSSR count). The first-order chi connectivity index (χ1) is 8.04. The molecule has 2 N–H and O–H groups in total. The molecule has 0 aliphatic rings. The maximum Gasteiger partial charge on any atom is 0.0627 e. The third-order valence-corrected chi connectivity index (χ3v) is 3.24. The van der Waals surface area contributed by atoms with E-state index in [-0.39, 0.29) is 12.1 Å². The van der Waals surface area contributed by atoms with E-state index >= 15 is 0 Å². The first-order valence-electron chi connectivity index (χ1n) is 6.16. The van der Waals surface area contributed by atoms with Gasteiger partial charge in [-0.3, -0.25) is 0 Å². The van der Waals surface area contributed by atoms with Gasteiger partial charge in [0, 0.05) is 18.8 Å². The van der Waals surface area contributed by atoms with Crippen LogP contribution in [0, 0.1) is 6.92 Å². The van der Waals surface area contributed by atoms with E-state index in [9.17, 15) is 5.11 Å². The molecule has 0 saturated heterocycles. The number of rotatable bonds is 6. The van der Waals surface area contributed by atoms with Gasteiger partial charge < -0.3 is 15.3 Å². The lowest BCUT2D eigenvalue weighted by molar-refractivity contribution is 0.186. The Balaban J connectivity index is 2.85. The van der Waals surface area contributed by atoms with Crippen LogP contribution in [0.15, 0.2) is 24.3 Å². The van der Waals surface area contributed by atoms with E-state index < -0.39 is 0 Å². The fourth-order valence-electron chi connectivity index (χ4n) is 1.84. The fraction of sp³-hybridized carbons (Fsp3) is 0.571. The molecular formula is C14H24N2O. The van der Waals surface area contributed by atoms with E-state index in [0.717, 1.165) is 13.1 Å². The highest BCUT2D eigenvalue weighted by molar-refractivity contribution is 5.48. The summed E-state index contributed by atoms with van der Waals surface area (Å²) in [6.07, 6.45) is 0. The Morgan fingerprint density at radius 2 is 2.12 bits per heavy atom. The van der Waals surface area contributed by atoms with Gasteiger partial charge in [0.05, 0.1) is 12.1 Å². The highest BCUT2D eigenvalue weighted by atomic mass is 16.3. The standard InChI is InChI=1S/C14H24N2O/c1-5-16(10-14(3,11-17)15-4)13-8-6-7-12(2)9-13/h6-9,15,17H,5,10-11H2,1-4H3. The summed E-state index contributed by atoms with van der Waals surface area (Å²) < 4.78 is 0. The molecule has 3 nitrogen and oxygen atoms in total. The number of nitrogens with one attached hydrogen (secondary N) is 1. The monoisotopic (exact) mass is 236 g/mol. The lowest BCUT2D eigenvalue weighted by atomic mass is 10.0. The second-order valence-electron chi connectivity index (χ2n) is 4.82. The van der Waals surface area contributed by atoms with Crippen molar-refractivity contribution < 1.29 is 5.11 Å². The Morgan fingerprint density at radius 3 is 2.59 bits per heavy atom. The van der Waals surface area contributed by atoms with Crippen molar-refractivity contribution >= 4 is 5.69 Å². The Kier molecular flexibility index (Phi) is 4.97. The Morgan fingerprint density at radius 1 is 1.41 bits per heavy atom. The van der Waals surface area contributed by atoms with Gasteiger partial charge >= 0.3 is 0 Å². The molecule has 1 aromatic rings. The summed E-state index contributed by atoms with van der Waals surface area (Å²) in [7, 11) is 1.89. The van der Waals surface area contributed by atoms with Crippen LogP contribution in [0.1, 0.15) is 19.4 Å². The van der Waals surface area contributed by atoms with Crippen molar-refractivity contribution in [1.29, 1.82) is 0 Å². The minimum atomic E-state index is -0.264. The van der Waals surface area contributed by atoms with Crippen molar-refractivity contribution in [2.24, 2.45) is 0 Å². The zero-order valence-corrected chi connectivity index (χ0v) is 11.3. The first-order valence-corrected chi connectivity index (χ1v) is 6.16. The molecule has 0 amide bonds. The zero-order chi connectivity index (χ0) is 12.9. The summed E-state index contributed by atoms with van der Waals surface area (Å²) in [6.45, 7) is 8.12. The normalized spacial score (nSPS) is 14.4.